The Labute approximate surface area is 133 Å². The lowest BCUT2D eigenvalue weighted by Crippen LogP contribution is -2.46. The highest BCUT2D eigenvalue weighted by atomic mass is 19.1. The van der Waals surface area contributed by atoms with E-state index >= 15 is 0 Å². The fourth-order valence-corrected chi connectivity index (χ4v) is 1.96. The van der Waals surface area contributed by atoms with Gasteiger partial charge >= 0.3 is 0 Å². The first-order chi connectivity index (χ1) is 10.7. The van der Waals surface area contributed by atoms with E-state index in [1.807, 2.05) is 0 Å². The summed E-state index contributed by atoms with van der Waals surface area (Å²) >= 11 is 0. The Balaban J connectivity index is 2.43. The van der Waals surface area contributed by atoms with E-state index < -0.39 is 22.7 Å². The second kappa shape index (κ2) is 6.29. The third-order valence-electron chi connectivity index (χ3n) is 3.11. The predicted molar refractivity (Wildman–Crippen MR) is 85.1 cm³/mol. The molecule has 0 atom stereocenters. The number of nitrogens with one attached hydrogen (secondary N) is 1. The molecule has 0 saturated carbocycles. The standard InChI is InChI=1S/C16H19FN4O2/c1-10-8-13(22)14(15(23)19-9-16(2,3)18)20-21(10)12-7-5-4-6-11(12)17/h4-8H,9,18H2,1-3H3,(H,19,23). The summed E-state index contributed by atoms with van der Waals surface area (Å²) in [6.07, 6.45) is 0. The van der Waals surface area contributed by atoms with E-state index in [1.165, 1.54) is 22.9 Å². The van der Waals surface area contributed by atoms with Gasteiger partial charge in [-0.1, -0.05) is 12.1 Å². The van der Waals surface area contributed by atoms with Gasteiger partial charge in [0.05, 0.1) is 0 Å². The van der Waals surface area contributed by atoms with Gasteiger partial charge in [0.25, 0.3) is 5.91 Å². The zero-order valence-electron chi connectivity index (χ0n) is 13.3. The van der Waals surface area contributed by atoms with Crippen LogP contribution in [0.1, 0.15) is 30.0 Å². The summed E-state index contributed by atoms with van der Waals surface area (Å²) in [5.74, 6) is -1.14. The molecule has 0 aliphatic heterocycles. The van der Waals surface area contributed by atoms with Gasteiger partial charge in [0.1, 0.15) is 11.5 Å². The first-order valence-electron chi connectivity index (χ1n) is 7.12. The Hall–Kier alpha value is -2.54. The van der Waals surface area contributed by atoms with E-state index in [2.05, 4.69) is 10.4 Å². The summed E-state index contributed by atoms with van der Waals surface area (Å²) in [7, 11) is 0. The van der Waals surface area contributed by atoms with Gasteiger partial charge in [-0.25, -0.2) is 9.07 Å². The molecule has 0 saturated heterocycles. The van der Waals surface area contributed by atoms with Crippen molar-refractivity contribution in [1.82, 2.24) is 15.1 Å². The lowest BCUT2D eigenvalue weighted by atomic mass is 10.1. The van der Waals surface area contributed by atoms with Crippen LogP contribution in [0.2, 0.25) is 0 Å². The van der Waals surface area contributed by atoms with E-state index in [4.69, 9.17) is 5.73 Å². The quantitative estimate of drug-likeness (QED) is 0.885. The Bertz CT molecular complexity index is 793. The molecule has 0 radical (unpaired) electrons. The summed E-state index contributed by atoms with van der Waals surface area (Å²) in [5, 5.41) is 6.57. The van der Waals surface area contributed by atoms with Gasteiger partial charge in [0, 0.05) is 23.8 Å². The van der Waals surface area contributed by atoms with Crippen molar-refractivity contribution in [3.63, 3.8) is 0 Å². The zero-order chi connectivity index (χ0) is 17.2. The topological polar surface area (TPSA) is 90.0 Å². The van der Waals surface area contributed by atoms with Crippen LogP contribution in [0.4, 0.5) is 4.39 Å². The van der Waals surface area contributed by atoms with Crippen LogP contribution in [0.15, 0.2) is 35.1 Å². The molecule has 0 aliphatic rings. The number of halogens is 1. The number of hydrogen-bond donors (Lipinski definition) is 2. The molecule has 0 aliphatic carbocycles. The van der Waals surface area contributed by atoms with Crippen molar-refractivity contribution in [2.45, 2.75) is 26.3 Å². The van der Waals surface area contributed by atoms with Crippen LogP contribution in [0.25, 0.3) is 5.69 Å². The zero-order valence-corrected chi connectivity index (χ0v) is 13.3. The van der Waals surface area contributed by atoms with Gasteiger partial charge < -0.3 is 11.1 Å². The van der Waals surface area contributed by atoms with Gasteiger partial charge in [-0.3, -0.25) is 9.59 Å². The van der Waals surface area contributed by atoms with Crippen molar-refractivity contribution in [2.24, 2.45) is 5.73 Å². The van der Waals surface area contributed by atoms with Crippen molar-refractivity contribution in [3.8, 4) is 5.69 Å². The minimum Gasteiger partial charge on any atom is -0.349 e. The van der Waals surface area contributed by atoms with Crippen molar-refractivity contribution < 1.29 is 9.18 Å². The van der Waals surface area contributed by atoms with E-state index in [0.29, 0.717) is 5.69 Å². The number of aromatic nitrogens is 2. The molecule has 0 bridgehead atoms. The van der Waals surface area contributed by atoms with E-state index in [9.17, 15) is 14.0 Å². The molecule has 0 spiro atoms. The Morgan fingerprint density at radius 1 is 1.39 bits per heavy atom. The molecule has 0 unspecified atom stereocenters. The van der Waals surface area contributed by atoms with Crippen molar-refractivity contribution >= 4 is 5.91 Å². The molecule has 6 nitrogen and oxygen atoms in total. The van der Waals surface area contributed by atoms with Crippen LogP contribution in [0.5, 0.6) is 0 Å². The molecule has 1 heterocycles. The minimum absolute atomic E-state index is 0.165. The molecule has 2 aromatic rings. The number of benzene rings is 1. The molecule has 1 amide bonds. The van der Waals surface area contributed by atoms with E-state index in [-0.39, 0.29) is 17.9 Å². The monoisotopic (exact) mass is 318 g/mol. The molecule has 2 rings (SSSR count). The second-order valence-electron chi connectivity index (χ2n) is 6.03. The second-order valence-corrected chi connectivity index (χ2v) is 6.03. The normalized spacial score (nSPS) is 11.3. The van der Waals surface area contributed by atoms with Crippen LogP contribution < -0.4 is 16.5 Å². The lowest BCUT2D eigenvalue weighted by molar-refractivity contribution is 0.0938. The molecule has 23 heavy (non-hydrogen) atoms. The van der Waals surface area contributed by atoms with Crippen molar-refractivity contribution in [1.29, 1.82) is 0 Å². The number of nitrogens with two attached hydrogens (primary N) is 1. The molecule has 3 N–H and O–H groups in total. The van der Waals surface area contributed by atoms with E-state index in [1.54, 1.807) is 32.9 Å². The van der Waals surface area contributed by atoms with Crippen LogP contribution >= 0.6 is 0 Å². The number of nitrogens with zero attached hydrogens (tertiary/aromatic N) is 2. The molecule has 7 heteroatoms. The largest absolute Gasteiger partial charge is 0.349 e. The maximum absolute atomic E-state index is 13.9. The third kappa shape index (κ3) is 4.01. The summed E-state index contributed by atoms with van der Waals surface area (Å²) < 4.78 is 15.2. The number of amides is 1. The predicted octanol–water partition coefficient (Wildman–Crippen LogP) is 1.15. The van der Waals surface area contributed by atoms with Gasteiger partial charge in [0.2, 0.25) is 5.43 Å². The van der Waals surface area contributed by atoms with Crippen LogP contribution in [0.3, 0.4) is 0 Å². The molecule has 122 valence electrons. The molecule has 1 aromatic heterocycles. The third-order valence-corrected chi connectivity index (χ3v) is 3.11. The average molecular weight is 318 g/mol. The number of carbonyl (C=O) groups excluding carboxylic acids is 1. The highest BCUT2D eigenvalue weighted by Crippen LogP contribution is 2.13. The fourth-order valence-electron chi connectivity index (χ4n) is 1.96. The maximum Gasteiger partial charge on any atom is 0.275 e. The Morgan fingerprint density at radius 3 is 2.65 bits per heavy atom. The minimum atomic E-state index is -0.640. The Kier molecular flexibility index (Phi) is 4.60. The number of hydrogen-bond acceptors (Lipinski definition) is 4. The van der Waals surface area contributed by atoms with Gasteiger partial charge in [-0.05, 0) is 32.9 Å². The highest BCUT2D eigenvalue weighted by molar-refractivity contribution is 5.92. The summed E-state index contributed by atoms with van der Waals surface area (Å²) in [5.41, 5.74) is 4.94. The van der Waals surface area contributed by atoms with Gasteiger partial charge in [-0.15, -0.1) is 0 Å². The van der Waals surface area contributed by atoms with Gasteiger partial charge in [0.15, 0.2) is 5.69 Å². The molecular weight excluding hydrogens is 299 g/mol. The molecule has 1 aromatic carbocycles. The maximum atomic E-state index is 13.9. The number of para-hydroxylation sites is 1. The van der Waals surface area contributed by atoms with Crippen molar-refractivity contribution in [2.75, 3.05) is 6.54 Å². The summed E-state index contributed by atoms with van der Waals surface area (Å²) in [6, 6.07) is 7.25. The van der Waals surface area contributed by atoms with Crippen LogP contribution in [0, 0.1) is 12.7 Å². The fraction of sp³-hybridized carbons (Fsp3) is 0.312. The van der Waals surface area contributed by atoms with Crippen LogP contribution in [-0.2, 0) is 0 Å². The van der Waals surface area contributed by atoms with Crippen molar-refractivity contribution in [3.05, 3.63) is 57.8 Å². The first kappa shape index (κ1) is 16.8. The molecular formula is C16H19FN4O2. The SMILES string of the molecule is Cc1cc(=O)c(C(=O)NCC(C)(C)N)nn1-c1ccccc1F. The lowest BCUT2D eigenvalue weighted by Gasteiger charge is -2.19. The Morgan fingerprint density at radius 2 is 2.04 bits per heavy atom. The number of rotatable bonds is 4. The highest BCUT2D eigenvalue weighted by Gasteiger charge is 2.19. The smallest absolute Gasteiger partial charge is 0.275 e. The number of carbonyl (C=O) groups is 1. The van der Waals surface area contributed by atoms with Crippen LogP contribution in [-0.4, -0.2) is 27.8 Å². The average Bonchev–Trinajstić information content (AvgIpc) is 2.45. The molecule has 0 fully saturated rings. The van der Waals surface area contributed by atoms with E-state index in [0.717, 1.165) is 0 Å². The summed E-state index contributed by atoms with van der Waals surface area (Å²) in [4.78, 5) is 24.2. The summed E-state index contributed by atoms with van der Waals surface area (Å²) in [6.45, 7) is 5.28. The number of aryl methyl sites for hydroxylation is 1. The van der Waals surface area contributed by atoms with Gasteiger partial charge in [-0.2, -0.15) is 5.10 Å². The first-order valence-corrected chi connectivity index (χ1v) is 7.12.